The summed E-state index contributed by atoms with van der Waals surface area (Å²) < 4.78 is 0. The molecule has 116 valence electrons. The van der Waals surface area contributed by atoms with Crippen LogP contribution in [0.15, 0.2) is 48.7 Å². The number of nitrogens with zero attached hydrogens (tertiary/aromatic N) is 2. The predicted octanol–water partition coefficient (Wildman–Crippen LogP) is 5.09. The van der Waals surface area contributed by atoms with E-state index in [-0.39, 0.29) is 0 Å². The van der Waals surface area contributed by atoms with Gasteiger partial charge in [0.1, 0.15) is 0 Å². The third kappa shape index (κ3) is 3.26. The van der Waals surface area contributed by atoms with Crippen LogP contribution in [0.2, 0.25) is 0 Å². The van der Waals surface area contributed by atoms with Crippen LogP contribution in [0, 0.1) is 13.8 Å². The van der Waals surface area contributed by atoms with E-state index in [1.165, 1.54) is 33.3 Å². The van der Waals surface area contributed by atoms with E-state index in [1.807, 2.05) is 6.20 Å². The molecule has 2 aromatic carbocycles. The molecule has 0 saturated heterocycles. The van der Waals surface area contributed by atoms with Gasteiger partial charge < -0.3 is 4.90 Å². The highest BCUT2D eigenvalue weighted by molar-refractivity contribution is 5.91. The monoisotopic (exact) mass is 302 g/mol. The maximum absolute atomic E-state index is 4.49. The standard InChI is InChI=1S/C21H22N2/c1-15-13-20-18(11-12-22-21(20)14-16(15)2)8-5-17-6-9-19(10-7-17)23(3)4/h5-14H,1-4H3/b8-5-. The lowest BCUT2D eigenvalue weighted by Crippen LogP contribution is -2.07. The molecule has 0 amide bonds. The van der Waals surface area contributed by atoms with Crippen molar-refractivity contribution in [1.29, 1.82) is 0 Å². The van der Waals surface area contributed by atoms with E-state index in [0.29, 0.717) is 0 Å². The summed E-state index contributed by atoms with van der Waals surface area (Å²) >= 11 is 0. The van der Waals surface area contributed by atoms with Crippen molar-refractivity contribution in [3.63, 3.8) is 0 Å². The molecule has 0 aliphatic rings. The van der Waals surface area contributed by atoms with Gasteiger partial charge in [-0.25, -0.2) is 0 Å². The van der Waals surface area contributed by atoms with Crippen LogP contribution in [0.3, 0.4) is 0 Å². The summed E-state index contributed by atoms with van der Waals surface area (Å²) in [5, 5.41) is 1.21. The topological polar surface area (TPSA) is 16.1 Å². The molecule has 1 aromatic heterocycles. The first kappa shape index (κ1) is 15.3. The second-order valence-corrected chi connectivity index (χ2v) is 6.17. The molecule has 0 spiro atoms. The van der Waals surface area contributed by atoms with Gasteiger partial charge in [0.15, 0.2) is 0 Å². The van der Waals surface area contributed by atoms with E-state index >= 15 is 0 Å². The minimum absolute atomic E-state index is 1.05. The Kier molecular flexibility index (Phi) is 4.16. The molecule has 0 saturated carbocycles. The molecule has 3 aromatic rings. The molecule has 2 heteroatoms. The Morgan fingerprint density at radius 3 is 2.26 bits per heavy atom. The van der Waals surface area contributed by atoms with Gasteiger partial charge >= 0.3 is 0 Å². The highest BCUT2D eigenvalue weighted by Crippen LogP contribution is 2.23. The molecule has 3 rings (SSSR count). The fraction of sp³-hybridized carbons (Fsp3) is 0.190. The molecule has 0 radical (unpaired) electrons. The van der Waals surface area contributed by atoms with E-state index < -0.39 is 0 Å². The Labute approximate surface area is 138 Å². The fourth-order valence-electron chi connectivity index (χ4n) is 2.64. The summed E-state index contributed by atoms with van der Waals surface area (Å²) in [5.74, 6) is 0. The van der Waals surface area contributed by atoms with Crippen molar-refractivity contribution in [1.82, 2.24) is 4.98 Å². The van der Waals surface area contributed by atoms with Crippen molar-refractivity contribution in [3.8, 4) is 0 Å². The van der Waals surface area contributed by atoms with Crippen molar-refractivity contribution < 1.29 is 0 Å². The van der Waals surface area contributed by atoms with Gasteiger partial charge in [-0.1, -0.05) is 24.3 Å². The number of pyridine rings is 1. The van der Waals surface area contributed by atoms with Gasteiger partial charge in [0.05, 0.1) is 5.52 Å². The maximum atomic E-state index is 4.49. The fourth-order valence-corrected chi connectivity index (χ4v) is 2.64. The van der Waals surface area contributed by atoms with Gasteiger partial charge in [-0.2, -0.15) is 0 Å². The molecule has 23 heavy (non-hydrogen) atoms. The summed E-state index contributed by atoms with van der Waals surface area (Å²) in [5.41, 5.74) is 7.25. The van der Waals surface area contributed by atoms with Gasteiger partial charge in [0.25, 0.3) is 0 Å². The van der Waals surface area contributed by atoms with Crippen molar-refractivity contribution >= 4 is 28.7 Å². The van der Waals surface area contributed by atoms with Crippen molar-refractivity contribution in [3.05, 3.63) is 70.9 Å². The van der Waals surface area contributed by atoms with Gasteiger partial charge in [-0.15, -0.1) is 0 Å². The zero-order chi connectivity index (χ0) is 16.4. The van der Waals surface area contributed by atoms with Crippen LogP contribution in [0.4, 0.5) is 5.69 Å². The van der Waals surface area contributed by atoms with E-state index in [4.69, 9.17) is 0 Å². The zero-order valence-corrected chi connectivity index (χ0v) is 14.2. The second kappa shape index (κ2) is 6.25. The summed E-state index contributed by atoms with van der Waals surface area (Å²) in [4.78, 5) is 6.60. The number of hydrogen-bond acceptors (Lipinski definition) is 2. The molecule has 0 fully saturated rings. The van der Waals surface area contributed by atoms with Crippen LogP contribution in [-0.4, -0.2) is 19.1 Å². The summed E-state index contributed by atoms with van der Waals surface area (Å²) in [6, 6.07) is 15.0. The Bertz CT molecular complexity index is 859. The summed E-state index contributed by atoms with van der Waals surface area (Å²) in [7, 11) is 4.11. The lowest BCUT2D eigenvalue weighted by molar-refractivity contribution is 1.13. The average molecular weight is 302 g/mol. The van der Waals surface area contributed by atoms with Crippen molar-refractivity contribution in [2.45, 2.75) is 13.8 Å². The molecule has 0 unspecified atom stereocenters. The number of aromatic nitrogens is 1. The minimum Gasteiger partial charge on any atom is -0.378 e. The Morgan fingerprint density at radius 2 is 1.57 bits per heavy atom. The summed E-state index contributed by atoms with van der Waals surface area (Å²) in [6.45, 7) is 4.28. The zero-order valence-electron chi connectivity index (χ0n) is 14.2. The van der Waals surface area contributed by atoms with Crippen LogP contribution in [0.25, 0.3) is 23.1 Å². The quantitative estimate of drug-likeness (QED) is 0.670. The van der Waals surface area contributed by atoms with Crippen LogP contribution in [0.1, 0.15) is 22.3 Å². The van der Waals surface area contributed by atoms with Crippen LogP contribution in [-0.2, 0) is 0 Å². The highest BCUT2D eigenvalue weighted by Gasteiger charge is 2.02. The Balaban J connectivity index is 1.96. The van der Waals surface area contributed by atoms with E-state index in [1.54, 1.807) is 0 Å². The van der Waals surface area contributed by atoms with E-state index in [0.717, 1.165) is 5.52 Å². The molecule has 0 N–H and O–H groups in total. The molecular weight excluding hydrogens is 280 g/mol. The number of benzene rings is 2. The molecule has 0 bridgehead atoms. The van der Waals surface area contributed by atoms with E-state index in [9.17, 15) is 0 Å². The average Bonchev–Trinajstić information content (AvgIpc) is 2.54. The number of rotatable bonds is 3. The number of hydrogen-bond donors (Lipinski definition) is 0. The number of aryl methyl sites for hydroxylation is 2. The molecule has 0 aliphatic carbocycles. The Morgan fingerprint density at radius 1 is 0.870 bits per heavy atom. The lowest BCUT2D eigenvalue weighted by Gasteiger charge is -2.11. The van der Waals surface area contributed by atoms with Gasteiger partial charge in [0.2, 0.25) is 0 Å². The molecule has 0 atom stereocenters. The number of fused-ring (bicyclic) bond motifs is 1. The molecular formula is C21H22N2. The Hall–Kier alpha value is -2.61. The smallest absolute Gasteiger partial charge is 0.0710 e. The molecule has 1 heterocycles. The van der Waals surface area contributed by atoms with Crippen LogP contribution < -0.4 is 4.90 Å². The van der Waals surface area contributed by atoms with Gasteiger partial charge in [0, 0.05) is 31.4 Å². The van der Waals surface area contributed by atoms with Gasteiger partial charge in [-0.3, -0.25) is 4.98 Å². The normalized spacial score (nSPS) is 11.3. The van der Waals surface area contributed by atoms with Gasteiger partial charge in [-0.05, 0) is 66.4 Å². The van der Waals surface area contributed by atoms with E-state index in [2.05, 4.69) is 92.4 Å². The molecule has 2 nitrogen and oxygen atoms in total. The van der Waals surface area contributed by atoms with Crippen LogP contribution in [0.5, 0.6) is 0 Å². The SMILES string of the molecule is Cc1cc2nccc(/C=C\c3ccc(N(C)C)cc3)c2cc1C. The highest BCUT2D eigenvalue weighted by atomic mass is 15.1. The summed E-state index contributed by atoms with van der Waals surface area (Å²) in [6.07, 6.45) is 6.21. The first-order chi connectivity index (χ1) is 11.0. The first-order valence-corrected chi connectivity index (χ1v) is 7.86. The largest absolute Gasteiger partial charge is 0.378 e. The first-order valence-electron chi connectivity index (χ1n) is 7.86. The molecule has 0 aliphatic heterocycles. The lowest BCUT2D eigenvalue weighted by atomic mass is 10.0. The maximum Gasteiger partial charge on any atom is 0.0710 e. The van der Waals surface area contributed by atoms with Crippen molar-refractivity contribution in [2.24, 2.45) is 0 Å². The third-order valence-electron chi connectivity index (χ3n) is 4.26. The predicted molar refractivity (Wildman–Crippen MR) is 101 cm³/mol. The third-order valence-corrected chi connectivity index (χ3v) is 4.26. The van der Waals surface area contributed by atoms with Crippen molar-refractivity contribution in [2.75, 3.05) is 19.0 Å². The second-order valence-electron chi connectivity index (χ2n) is 6.17. The number of anilines is 1. The minimum atomic E-state index is 1.05. The van der Waals surface area contributed by atoms with Crippen LogP contribution >= 0.6 is 0 Å².